The van der Waals surface area contributed by atoms with Gasteiger partial charge in [0.1, 0.15) is 19.3 Å². The Morgan fingerprint density at radius 3 is 1.07 bits per heavy atom. The minimum absolute atomic E-state index is 0.0393. The quantitative estimate of drug-likeness (QED) is 0.0205. The van der Waals surface area contributed by atoms with E-state index in [2.05, 4.69) is 86.8 Å². The van der Waals surface area contributed by atoms with Crippen LogP contribution >= 0.6 is 7.82 Å². The summed E-state index contributed by atoms with van der Waals surface area (Å²) in [5.74, 6) is -0.495. The molecule has 0 aliphatic carbocycles. The molecule has 9 nitrogen and oxygen atoms in total. The maximum Gasteiger partial charge on any atom is 0.472 e. The summed E-state index contributed by atoms with van der Waals surface area (Å²) in [7, 11) is 1.50. The van der Waals surface area contributed by atoms with Gasteiger partial charge in [0.2, 0.25) is 5.91 Å². The molecule has 2 N–H and O–H groups in total. The average molecular weight is 1240 g/mol. The van der Waals surface area contributed by atoms with Crippen LogP contribution in [0.3, 0.4) is 0 Å². The Kier molecular flexibility index (Phi) is 64.4. The largest absolute Gasteiger partial charge is 0.472 e. The first kappa shape index (κ1) is 84.5. The van der Waals surface area contributed by atoms with Crippen LogP contribution in [0.25, 0.3) is 0 Å². The van der Waals surface area contributed by atoms with Crippen molar-refractivity contribution in [1.82, 2.24) is 5.32 Å². The molecule has 508 valence electrons. The second-order valence-corrected chi connectivity index (χ2v) is 27.9. The van der Waals surface area contributed by atoms with E-state index in [1.54, 1.807) is 0 Å². The van der Waals surface area contributed by atoms with Gasteiger partial charge in [-0.15, -0.1) is 0 Å². The molecule has 0 spiro atoms. The maximum absolute atomic E-state index is 13.6. The molecular formula is C77H144N2O7P+. The number of carbonyl (C=O) groups is 2. The second kappa shape index (κ2) is 66.4. The molecule has 0 aliphatic heterocycles. The number of phosphoric ester groups is 1. The molecule has 0 saturated heterocycles. The molecule has 10 heteroatoms. The van der Waals surface area contributed by atoms with Gasteiger partial charge in [0.25, 0.3) is 0 Å². The third-order valence-corrected chi connectivity index (χ3v) is 17.6. The van der Waals surface area contributed by atoms with E-state index in [0.29, 0.717) is 17.4 Å². The molecule has 87 heavy (non-hydrogen) atoms. The van der Waals surface area contributed by atoms with E-state index < -0.39 is 20.0 Å². The summed E-state index contributed by atoms with van der Waals surface area (Å²) in [6, 6.07) is -0.852. The molecule has 0 radical (unpaired) electrons. The summed E-state index contributed by atoms with van der Waals surface area (Å²) in [4.78, 5) is 38.0. The van der Waals surface area contributed by atoms with Crippen LogP contribution < -0.4 is 5.32 Å². The lowest BCUT2D eigenvalue weighted by Crippen LogP contribution is -2.47. The number of nitrogens with one attached hydrogen (secondary N) is 1. The number of phosphoric acid groups is 1. The molecule has 1 amide bonds. The number of carbonyl (C=O) groups excluding carboxylic acids is 2. The number of quaternary nitrogens is 1. The van der Waals surface area contributed by atoms with E-state index >= 15 is 0 Å². The summed E-state index contributed by atoms with van der Waals surface area (Å²) in [6.07, 6.45) is 87.7. The van der Waals surface area contributed by atoms with Gasteiger partial charge in [0.15, 0.2) is 0 Å². The number of hydrogen-bond donors (Lipinski definition) is 2. The molecule has 0 rings (SSSR count). The Morgan fingerprint density at radius 1 is 0.402 bits per heavy atom. The highest BCUT2D eigenvalue weighted by Gasteiger charge is 2.30. The first-order chi connectivity index (χ1) is 42.4. The maximum atomic E-state index is 13.6. The third kappa shape index (κ3) is 67.7. The molecule has 0 aromatic rings. The molecule has 0 heterocycles. The van der Waals surface area contributed by atoms with Crippen LogP contribution in [0.1, 0.15) is 355 Å². The average Bonchev–Trinajstić information content (AvgIpc) is 3.69. The Hall–Kier alpha value is -2.55. The molecule has 3 unspecified atom stereocenters. The number of unbranched alkanes of at least 4 members (excludes halogenated alkanes) is 42. The highest BCUT2D eigenvalue weighted by Crippen LogP contribution is 2.43. The van der Waals surface area contributed by atoms with E-state index in [1.807, 2.05) is 33.3 Å². The number of hydrogen-bond acceptors (Lipinski definition) is 6. The van der Waals surface area contributed by atoms with Gasteiger partial charge in [-0.05, 0) is 102 Å². The minimum Gasteiger partial charge on any atom is -0.456 e. The van der Waals surface area contributed by atoms with Crippen LogP contribution in [-0.4, -0.2) is 74.3 Å². The van der Waals surface area contributed by atoms with Gasteiger partial charge in [0, 0.05) is 12.8 Å². The molecule has 0 aromatic heterocycles. The van der Waals surface area contributed by atoms with Crippen LogP contribution in [0.5, 0.6) is 0 Å². The summed E-state index contributed by atoms with van der Waals surface area (Å²) < 4.78 is 30.9. The highest BCUT2D eigenvalue weighted by atomic mass is 31.2. The Morgan fingerprint density at radius 2 is 0.701 bits per heavy atom. The Bertz CT molecular complexity index is 1720. The number of rotatable bonds is 68. The monoisotopic (exact) mass is 1240 g/mol. The zero-order valence-electron chi connectivity index (χ0n) is 58.3. The standard InChI is InChI=1S/C77H143N2O7P/c1-7-10-13-16-19-22-25-28-30-32-34-36-37-38-39-40-41-43-44-46-48-51-54-57-60-63-66-69-76(80)78-74(73-85-87(82,83)84-72-71-79(4,5)6)75(68-65-62-59-56-53-50-27-24-21-18-15-12-9-3)86-77(81)70-67-64-61-58-55-52-49-47-45-42-35-33-31-29-26-23-20-17-14-11-8-2/h19-20,22-23,28-31,34,36,65,68,74-75H,7-18,21,24-27,32-33,35,37-64,66-67,69-73H2,1-6H3,(H-,78,80,82,83)/p+1/b22-19-,23-20-,30-28-,31-29-,36-34-,68-65-. The van der Waals surface area contributed by atoms with E-state index in [1.165, 1.54) is 244 Å². The van der Waals surface area contributed by atoms with Crippen LogP contribution in [0.15, 0.2) is 72.9 Å². The third-order valence-electron chi connectivity index (χ3n) is 16.6. The molecular weight excluding hydrogens is 1100 g/mol. The SMILES string of the molecule is CCCCC/C=C\C/C=C\C/C=C\CCCCCCCCCCCCCCCCC(=O)NC(COP(=O)(O)OCC[N+](C)(C)C)C(/C=C\CCCCCCCCCCCCC)OC(=O)CCCCCCCCCCCCC/C=C\C/C=C\CCCCC. The van der Waals surface area contributed by atoms with Gasteiger partial charge in [-0.1, -0.05) is 312 Å². The number of amides is 1. The molecule has 3 atom stereocenters. The topological polar surface area (TPSA) is 111 Å². The summed E-state index contributed by atoms with van der Waals surface area (Å²) >= 11 is 0. The lowest BCUT2D eigenvalue weighted by atomic mass is 10.0. The van der Waals surface area contributed by atoms with Crippen molar-refractivity contribution in [1.29, 1.82) is 0 Å². The molecule has 0 aliphatic rings. The smallest absolute Gasteiger partial charge is 0.456 e. The molecule has 0 aromatic carbocycles. The van der Waals surface area contributed by atoms with Gasteiger partial charge >= 0.3 is 13.8 Å². The zero-order chi connectivity index (χ0) is 63.5. The number of nitrogens with zero attached hydrogens (tertiary/aromatic N) is 1. The van der Waals surface area contributed by atoms with Crippen molar-refractivity contribution >= 4 is 19.7 Å². The highest BCUT2D eigenvalue weighted by molar-refractivity contribution is 7.47. The minimum atomic E-state index is -4.46. The van der Waals surface area contributed by atoms with E-state index in [-0.39, 0.29) is 31.5 Å². The Balaban J connectivity index is 5.03. The van der Waals surface area contributed by atoms with Crippen LogP contribution in [0.4, 0.5) is 0 Å². The first-order valence-corrected chi connectivity index (χ1v) is 38.8. The lowest BCUT2D eigenvalue weighted by molar-refractivity contribution is -0.870. The Labute approximate surface area is 540 Å². The van der Waals surface area contributed by atoms with Crippen molar-refractivity contribution in [3.05, 3.63) is 72.9 Å². The van der Waals surface area contributed by atoms with Crippen molar-refractivity contribution < 1.29 is 37.3 Å². The summed E-state index contributed by atoms with van der Waals surface area (Å²) in [5.41, 5.74) is 0. The van der Waals surface area contributed by atoms with Crippen LogP contribution in [-0.2, 0) is 27.9 Å². The first-order valence-electron chi connectivity index (χ1n) is 37.3. The van der Waals surface area contributed by atoms with E-state index in [4.69, 9.17) is 13.8 Å². The van der Waals surface area contributed by atoms with Crippen molar-refractivity contribution in [2.45, 2.75) is 367 Å². The number of allylic oxidation sites excluding steroid dienone is 11. The fourth-order valence-electron chi connectivity index (χ4n) is 10.9. The van der Waals surface area contributed by atoms with E-state index in [9.17, 15) is 19.0 Å². The fourth-order valence-corrected chi connectivity index (χ4v) is 11.6. The summed E-state index contributed by atoms with van der Waals surface area (Å²) in [5, 5.41) is 3.08. The normalized spacial score (nSPS) is 13.9. The van der Waals surface area contributed by atoms with Gasteiger partial charge in [-0.2, -0.15) is 0 Å². The predicted molar refractivity (Wildman–Crippen MR) is 378 cm³/mol. The van der Waals surface area contributed by atoms with Crippen LogP contribution in [0, 0.1) is 0 Å². The number of likely N-dealkylation sites (N-methyl/N-ethyl adjacent to an activating group) is 1. The van der Waals surface area contributed by atoms with Gasteiger partial charge < -0.3 is 19.4 Å². The molecule has 0 bridgehead atoms. The zero-order valence-corrected chi connectivity index (χ0v) is 59.2. The van der Waals surface area contributed by atoms with Crippen molar-refractivity contribution in [3.63, 3.8) is 0 Å². The number of ether oxygens (including phenoxy) is 1. The molecule has 0 fully saturated rings. The van der Waals surface area contributed by atoms with Crippen molar-refractivity contribution in [2.24, 2.45) is 0 Å². The van der Waals surface area contributed by atoms with Gasteiger partial charge in [0.05, 0.1) is 33.8 Å². The second-order valence-electron chi connectivity index (χ2n) is 26.5. The van der Waals surface area contributed by atoms with Crippen molar-refractivity contribution in [3.8, 4) is 0 Å². The van der Waals surface area contributed by atoms with E-state index in [0.717, 1.165) is 77.0 Å². The molecule has 0 saturated carbocycles. The summed E-state index contributed by atoms with van der Waals surface area (Å²) in [6.45, 7) is 7.01. The van der Waals surface area contributed by atoms with Gasteiger partial charge in [-0.25, -0.2) is 4.57 Å². The number of esters is 1. The lowest BCUT2D eigenvalue weighted by Gasteiger charge is -2.27. The van der Waals surface area contributed by atoms with Gasteiger partial charge in [-0.3, -0.25) is 18.6 Å². The fraction of sp³-hybridized carbons (Fsp3) is 0.818. The predicted octanol–water partition coefficient (Wildman–Crippen LogP) is 23.9. The van der Waals surface area contributed by atoms with Crippen LogP contribution in [0.2, 0.25) is 0 Å². The van der Waals surface area contributed by atoms with Crippen molar-refractivity contribution in [2.75, 3.05) is 40.9 Å².